The third kappa shape index (κ3) is 3.91. The van der Waals surface area contributed by atoms with E-state index in [4.69, 9.17) is 9.52 Å². The minimum absolute atomic E-state index is 0.0541. The van der Waals surface area contributed by atoms with Crippen LogP contribution in [0.1, 0.15) is 17.0 Å². The van der Waals surface area contributed by atoms with E-state index in [0.717, 1.165) is 15.7 Å². The van der Waals surface area contributed by atoms with Crippen molar-refractivity contribution in [1.29, 1.82) is 0 Å². The molecule has 1 N–H and O–H groups in total. The fourth-order valence-corrected chi connectivity index (χ4v) is 2.32. The van der Waals surface area contributed by atoms with Crippen molar-refractivity contribution in [1.82, 2.24) is 9.88 Å². The Balaban J connectivity index is 2.14. The molecule has 0 aliphatic heterocycles. The summed E-state index contributed by atoms with van der Waals surface area (Å²) in [5.41, 5.74) is 1.82. The van der Waals surface area contributed by atoms with E-state index < -0.39 is 5.97 Å². The van der Waals surface area contributed by atoms with E-state index in [1.54, 1.807) is 4.90 Å². The quantitative estimate of drug-likeness (QED) is 0.877. The highest BCUT2D eigenvalue weighted by Gasteiger charge is 2.15. The maximum Gasteiger partial charge on any atom is 0.317 e. The first kappa shape index (κ1) is 14.7. The molecule has 6 heteroatoms. The van der Waals surface area contributed by atoms with E-state index in [1.165, 1.54) is 6.39 Å². The van der Waals surface area contributed by atoms with Crippen molar-refractivity contribution in [2.75, 3.05) is 6.54 Å². The summed E-state index contributed by atoms with van der Waals surface area (Å²) < 4.78 is 6.25. The van der Waals surface area contributed by atoms with Gasteiger partial charge in [-0.1, -0.05) is 34.1 Å². The molecule has 106 valence electrons. The lowest BCUT2D eigenvalue weighted by Crippen LogP contribution is -2.29. The topological polar surface area (TPSA) is 66.6 Å². The number of carboxylic acid groups (broad SMARTS) is 1. The summed E-state index contributed by atoms with van der Waals surface area (Å²) in [6.07, 6.45) is 1.38. The summed E-state index contributed by atoms with van der Waals surface area (Å²) in [5, 5.41) is 9.03. The van der Waals surface area contributed by atoms with Gasteiger partial charge in [0.25, 0.3) is 0 Å². The molecule has 0 saturated carbocycles. The molecule has 1 aromatic carbocycles. The second kappa shape index (κ2) is 6.67. The number of rotatable bonds is 6. The summed E-state index contributed by atoms with van der Waals surface area (Å²) in [6, 6.07) is 7.76. The van der Waals surface area contributed by atoms with Crippen LogP contribution in [0.5, 0.6) is 0 Å². The molecule has 0 bridgehead atoms. The Labute approximate surface area is 125 Å². The molecule has 1 heterocycles. The standard InChI is InChI=1S/C14H15BrN2O3/c1-10-13(20-9-16-10)7-17(8-14(18)19)6-11-4-2-3-5-12(11)15/h2-5,9H,6-8H2,1H3,(H,18,19). The van der Waals surface area contributed by atoms with Crippen LogP contribution < -0.4 is 0 Å². The molecular formula is C14H15BrN2O3. The molecule has 1 aromatic heterocycles. The highest BCUT2D eigenvalue weighted by Crippen LogP contribution is 2.19. The van der Waals surface area contributed by atoms with Gasteiger partial charge in [-0.15, -0.1) is 0 Å². The minimum Gasteiger partial charge on any atom is -0.480 e. The SMILES string of the molecule is Cc1ncoc1CN(CC(=O)O)Cc1ccccc1Br. The predicted octanol–water partition coefficient (Wildman–Crippen LogP) is 2.83. The Hall–Kier alpha value is -1.66. The van der Waals surface area contributed by atoms with E-state index in [1.807, 2.05) is 31.2 Å². The van der Waals surface area contributed by atoms with Gasteiger partial charge in [0.05, 0.1) is 18.8 Å². The van der Waals surface area contributed by atoms with Gasteiger partial charge in [0, 0.05) is 11.0 Å². The Morgan fingerprint density at radius 3 is 2.75 bits per heavy atom. The number of carboxylic acids is 1. The molecule has 20 heavy (non-hydrogen) atoms. The summed E-state index contributed by atoms with van der Waals surface area (Å²) >= 11 is 3.47. The second-order valence-corrected chi connectivity index (χ2v) is 5.35. The number of hydrogen-bond acceptors (Lipinski definition) is 4. The summed E-state index contributed by atoms with van der Waals surface area (Å²) in [6.45, 7) is 2.73. The molecule has 0 saturated heterocycles. The Morgan fingerprint density at radius 2 is 2.15 bits per heavy atom. The van der Waals surface area contributed by atoms with Gasteiger partial charge >= 0.3 is 5.97 Å². The smallest absolute Gasteiger partial charge is 0.317 e. The molecule has 0 aliphatic rings. The van der Waals surface area contributed by atoms with Crippen molar-refractivity contribution >= 4 is 21.9 Å². The van der Waals surface area contributed by atoms with Gasteiger partial charge in [-0.05, 0) is 18.6 Å². The van der Waals surface area contributed by atoms with Crippen molar-refractivity contribution in [3.63, 3.8) is 0 Å². The number of nitrogens with zero attached hydrogens (tertiary/aromatic N) is 2. The van der Waals surface area contributed by atoms with E-state index in [0.29, 0.717) is 18.8 Å². The molecule has 0 aliphatic carbocycles. The van der Waals surface area contributed by atoms with Crippen LogP contribution in [0.15, 0.2) is 39.5 Å². The summed E-state index contributed by atoms with van der Waals surface area (Å²) in [4.78, 5) is 16.8. The largest absolute Gasteiger partial charge is 0.480 e. The third-order valence-electron chi connectivity index (χ3n) is 2.92. The zero-order chi connectivity index (χ0) is 14.5. The maximum absolute atomic E-state index is 11.0. The van der Waals surface area contributed by atoms with Crippen LogP contribution in [0.25, 0.3) is 0 Å². The number of oxazole rings is 1. The minimum atomic E-state index is -0.866. The Kier molecular flexibility index (Phi) is 4.92. The molecule has 0 amide bonds. The van der Waals surface area contributed by atoms with E-state index in [-0.39, 0.29) is 6.54 Å². The number of aliphatic carboxylic acids is 1. The van der Waals surface area contributed by atoms with Gasteiger partial charge in [-0.3, -0.25) is 9.69 Å². The van der Waals surface area contributed by atoms with Crippen LogP contribution in [-0.2, 0) is 17.9 Å². The zero-order valence-electron chi connectivity index (χ0n) is 11.0. The number of benzene rings is 1. The molecular weight excluding hydrogens is 324 g/mol. The van der Waals surface area contributed by atoms with Gasteiger partial charge in [0.15, 0.2) is 6.39 Å². The lowest BCUT2D eigenvalue weighted by molar-refractivity contribution is -0.138. The maximum atomic E-state index is 11.0. The van der Waals surface area contributed by atoms with Gasteiger partial charge in [0.1, 0.15) is 5.76 Å². The van der Waals surface area contributed by atoms with Crippen LogP contribution >= 0.6 is 15.9 Å². The number of aryl methyl sites for hydroxylation is 1. The molecule has 0 spiro atoms. The molecule has 0 unspecified atom stereocenters. The number of hydrogen-bond donors (Lipinski definition) is 1. The third-order valence-corrected chi connectivity index (χ3v) is 3.70. The van der Waals surface area contributed by atoms with Crippen LogP contribution in [0.4, 0.5) is 0 Å². The molecule has 0 fully saturated rings. The first-order valence-corrected chi connectivity index (χ1v) is 6.92. The monoisotopic (exact) mass is 338 g/mol. The van der Waals surface area contributed by atoms with E-state index in [9.17, 15) is 4.79 Å². The van der Waals surface area contributed by atoms with Crippen molar-refractivity contribution in [2.45, 2.75) is 20.0 Å². The first-order chi connectivity index (χ1) is 9.56. The van der Waals surface area contributed by atoms with E-state index >= 15 is 0 Å². The van der Waals surface area contributed by atoms with Gasteiger partial charge < -0.3 is 9.52 Å². The predicted molar refractivity (Wildman–Crippen MR) is 77.1 cm³/mol. The molecule has 0 radical (unpaired) electrons. The van der Waals surface area contributed by atoms with Crippen LogP contribution in [0, 0.1) is 6.92 Å². The Morgan fingerprint density at radius 1 is 1.40 bits per heavy atom. The van der Waals surface area contributed by atoms with Gasteiger partial charge in [-0.2, -0.15) is 0 Å². The van der Waals surface area contributed by atoms with Crippen molar-refractivity contribution in [2.24, 2.45) is 0 Å². The fourth-order valence-electron chi connectivity index (χ4n) is 1.91. The highest BCUT2D eigenvalue weighted by molar-refractivity contribution is 9.10. The van der Waals surface area contributed by atoms with Gasteiger partial charge in [0.2, 0.25) is 0 Å². The first-order valence-electron chi connectivity index (χ1n) is 6.13. The fraction of sp³-hybridized carbons (Fsp3) is 0.286. The summed E-state index contributed by atoms with van der Waals surface area (Å²) in [7, 11) is 0. The van der Waals surface area contributed by atoms with Crippen molar-refractivity contribution < 1.29 is 14.3 Å². The average molecular weight is 339 g/mol. The average Bonchev–Trinajstić information content (AvgIpc) is 2.77. The lowest BCUT2D eigenvalue weighted by Gasteiger charge is -2.20. The second-order valence-electron chi connectivity index (χ2n) is 4.49. The summed E-state index contributed by atoms with van der Waals surface area (Å²) in [5.74, 6) is -0.174. The van der Waals surface area contributed by atoms with Crippen LogP contribution in [0.2, 0.25) is 0 Å². The van der Waals surface area contributed by atoms with Crippen molar-refractivity contribution in [3.05, 3.63) is 52.1 Å². The van der Waals surface area contributed by atoms with E-state index in [2.05, 4.69) is 20.9 Å². The van der Waals surface area contributed by atoms with Gasteiger partial charge in [-0.25, -0.2) is 4.98 Å². The zero-order valence-corrected chi connectivity index (χ0v) is 12.6. The van der Waals surface area contributed by atoms with Crippen molar-refractivity contribution in [3.8, 4) is 0 Å². The van der Waals surface area contributed by atoms with Crippen LogP contribution in [-0.4, -0.2) is 27.5 Å². The normalized spacial score (nSPS) is 10.9. The number of carbonyl (C=O) groups is 1. The molecule has 0 atom stereocenters. The molecule has 5 nitrogen and oxygen atoms in total. The molecule has 2 rings (SSSR count). The number of halogens is 1. The Bertz CT molecular complexity index is 598. The number of aromatic nitrogens is 1. The molecule has 2 aromatic rings. The lowest BCUT2D eigenvalue weighted by atomic mass is 10.2. The van der Waals surface area contributed by atoms with Crippen LogP contribution in [0.3, 0.4) is 0 Å². The highest BCUT2D eigenvalue weighted by atomic mass is 79.9.